The summed E-state index contributed by atoms with van der Waals surface area (Å²) >= 11 is 6.47. The van der Waals surface area contributed by atoms with Crippen molar-refractivity contribution in [3.8, 4) is 11.3 Å². The number of likely N-dealkylation sites (tertiary alicyclic amines) is 1. The first kappa shape index (κ1) is 21.7. The number of benzene rings is 1. The molecule has 3 heterocycles. The Balaban J connectivity index is 1.43. The number of pyridine rings is 2. The summed E-state index contributed by atoms with van der Waals surface area (Å²) in [6, 6.07) is 14.4. The molecule has 31 heavy (non-hydrogen) atoms. The standard InChI is InChI=1S/C25H28ClFN4/c1-31-12-10-18(11-13-31)8-9-21-15-22(23(26)17-28-21)24-6-3-7-25(30-24)29-16-19-4-2-5-20(27)14-19/h2-7,14-15,17-18H,8-13,16H2,1H3,(H,29,30). The van der Waals surface area contributed by atoms with Gasteiger partial charge in [-0.3, -0.25) is 4.98 Å². The largest absolute Gasteiger partial charge is 0.366 e. The third-order valence-corrected chi connectivity index (χ3v) is 6.25. The van der Waals surface area contributed by atoms with Crippen molar-refractivity contribution in [2.75, 3.05) is 25.5 Å². The van der Waals surface area contributed by atoms with Crippen molar-refractivity contribution < 1.29 is 4.39 Å². The zero-order valence-electron chi connectivity index (χ0n) is 17.8. The summed E-state index contributed by atoms with van der Waals surface area (Å²) in [7, 11) is 2.19. The van der Waals surface area contributed by atoms with E-state index in [-0.39, 0.29) is 5.82 Å². The zero-order chi connectivity index (χ0) is 21.6. The van der Waals surface area contributed by atoms with Gasteiger partial charge in [0, 0.05) is 24.0 Å². The summed E-state index contributed by atoms with van der Waals surface area (Å²) in [5, 5.41) is 3.86. The molecule has 1 fully saturated rings. The molecule has 4 rings (SSSR count). The van der Waals surface area contributed by atoms with Gasteiger partial charge in [0.1, 0.15) is 11.6 Å². The van der Waals surface area contributed by atoms with Gasteiger partial charge in [-0.05, 0) is 87.6 Å². The van der Waals surface area contributed by atoms with Gasteiger partial charge in [-0.2, -0.15) is 0 Å². The van der Waals surface area contributed by atoms with E-state index in [1.807, 2.05) is 24.3 Å². The Morgan fingerprint density at radius 3 is 2.74 bits per heavy atom. The van der Waals surface area contributed by atoms with Crippen LogP contribution < -0.4 is 5.32 Å². The quantitative estimate of drug-likeness (QED) is 0.504. The summed E-state index contributed by atoms with van der Waals surface area (Å²) in [4.78, 5) is 11.7. The maximum atomic E-state index is 13.4. The zero-order valence-corrected chi connectivity index (χ0v) is 18.6. The number of hydrogen-bond donors (Lipinski definition) is 1. The lowest BCUT2D eigenvalue weighted by Crippen LogP contribution is -2.30. The van der Waals surface area contributed by atoms with Gasteiger partial charge < -0.3 is 10.2 Å². The van der Waals surface area contributed by atoms with Crippen LogP contribution in [0.1, 0.15) is 30.5 Å². The first-order valence-electron chi connectivity index (χ1n) is 10.9. The predicted molar refractivity (Wildman–Crippen MR) is 125 cm³/mol. The van der Waals surface area contributed by atoms with Gasteiger partial charge in [-0.1, -0.05) is 29.8 Å². The first-order valence-corrected chi connectivity index (χ1v) is 11.2. The number of halogens is 2. The van der Waals surface area contributed by atoms with Crippen molar-refractivity contribution in [1.29, 1.82) is 0 Å². The SMILES string of the molecule is CN1CCC(CCc2cc(-c3cccc(NCc4cccc(F)c4)n3)c(Cl)cn2)CC1. The van der Waals surface area contributed by atoms with E-state index in [1.165, 1.54) is 38.1 Å². The number of nitrogens with one attached hydrogen (secondary N) is 1. The molecule has 1 aromatic carbocycles. The third-order valence-electron chi connectivity index (χ3n) is 5.95. The monoisotopic (exact) mass is 438 g/mol. The molecular weight excluding hydrogens is 411 g/mol. The molecule has 0 aliphatic carbocycles. The molecule has 0 bridgehead atoms. The van der Waals surface area contributed by atoms with Crippen molar-refractivity contribution in [3.63, 3.8) is 0 Å². The fourth-order valence-corrected chi connectivity index (χ4v) is 4.24. The highest BCUT2D eigenvalue weighted by Crippen LogP contribution is 2.29. The lowest BCUT2D eigenvalue weighted by molar-refractivity contribution is 0.212. The summed E-state index contributed by atoms with van der Waals surface area (Å²) in [5.41, 5.74) is 3.62. The van der Waals surface area contributed by atoms with Crippen LogP contribution in [0.15, 0.2) is 54.7 Å². The van der Waals surface area contributed by atoms with Crippen LogP contribution in [0.3, 0.4) is 0 Å². The molecule has 162 valence electrons. The van der Waals surface area contributed by atoms with E-state index in [9.17, 15) is 4.39 Å². The smallest absolute Gasteiger partial charge is 0.126 e. The van der Waals surface area contributed by atoms with E-state index in [0.717, 1.165) is 47.1 Å². The molecule has 0 spiro atoms. The van der Waals surface area contributed by atoms with E-state index >= 15 is 0 Å². The second-order valence-corrected chi connectivity index (χ2v) is 8.74. The predicted octanol–water partition coefficient (Wildman–Crippen LogP) is 5.82. The second kappa shape index (κ2) is 10.2. The van der Waals surface area contributed by atoms with Crippen LogP contribution in [0.5, 0.6) is 0 Å². The number of rotatable bonds is 7. The van der Waals surface area contributed by atoms with E-state index in [4.69, 9.17) is 16.6 Å². The fourth-order valence-electron chi connectivity index (χ4n) is 4.04. The molecule has 0 atom stereocenters. The molecule has 3 aromatic rings. The van der Waals surface area contributed by atoms with E-state index < -0.39 is 0 Å². The van der Waals surface area contributed by atoms with Gasteiger partial charge >= 0.3 is 0 Å². The van der Waals surface area contributed by atoms with Crippen LogP contribution in [-0.4, -0.2) is 35.0 Å². The first-order chi connectivity index (χ1) is 15.1. The number of hydrogen-bond acceptors (Lipinski definition) is 4. The number of piperidine rings is 1. The molecule has 0 radical (unpaired) electrons. The Kier molecular flexibility index (Phi) is 7.15. The number of anilines is 1. The van der Waals surface area contributed by atoms with Crippen molar-refractivity contribution in [2.24, 2.45) is 5.92 Å². The third kappa shape index (κ3) is 6.02. The Morgan fingerprint density at radius 2 is 1.94 bits per heavy atom. The summed E-state index contributed by atoms with van der Waals surface area (Å²) in [6.45, 7) is 2.87. The van der Waals surface area contributed by atoms with Crippen LogP contribution in [-0.2, 0) is 13.0 Å². The summed E-state index contributed by atoms with van der Waals surface area (Å²) in [6.07, 6.45) is 6.37. The van der Waals surface area contributed by atoms with E-state index in [1.54, 1.807) is 12.3 Å². The highest BCUT2D eigenvalue weighted by atomic mass is 35.5. The van der Waals surface area contributed by atoms with Gasteiger partial charge in [0.2, 0.25) is 0 Å². The molecular formula is C25H28ClFN4. The maximum absolute atomic E-state index is 13.4. The van der Waals surface area contributed by atoms with Crippen molar-refractivity contribution in [3.05, 3.63) is 76.8 Å². The molecule has 0 amide bonds. The van der Waals surface area contributed by atoms with Crippen molar-refractivity contribution >= 4 is 17.4 Å². The van der Waals surface area contributed by atoms with Crippen molar-refractivity contribution in [1.82, 2.24) is 14.9 Å². The average Bonchev–Trinajstić information content (AvgIpc) is 2.78. The summed E-state index contributed by atoms with van der Waals surface area (Å²) < 4.78 is 13.4. The van der Waals surface area contributed by atoms with E-state index in [0.29, 0.717) is 11.6 Å². The van der Waals surface area contributed by atoms with Gasteiger partial charge in [0.15, 0.2) is 0 Å². The minimum absolute atomic E-state index is 0.239. The fraction of sp³-hybridized carbons (Fsp3) is 0.360. The second-order valence-electron chi connectivity index (χ2n) is 8.33. The van der Waals surface area contributed by atoms with E-state index in [2.05, 4.69) is 28.3 Å². The number of aryl methyl sites for hydroxylation is 1. The topological polar surface area (TPSA) is 41.0 Å². The molecule has 1 saturated heterocycles. The lowest BCUT2D eigenvalue weighted by Gasteiger charge is -2.28. The molecule has 1 N–H and O–H groups in total. The van der Waals surface area contributed by atoms with Gasteiger partial charge in [0.05, 0.1) is 10.7 Å². The van der Waals surface area contributed by atoms with Crippen molar-refractivity contribution in [2.45, 2.75) is 32.2 Å². The molecule has 4 nitrogen and oxygen atoms in total. The Labute approximate surface area is 188 Å². The molecule has 1 aliphatic rings. The maximum Gasteiger partial charge on any atom is 0.126 e. The summed E-state index contributed by atoms with van der Waals surface area (Å²) in [5.74, 6) is 1.26. The number of nitrogens with zero attached hydrogens (tertiary/aromatic N) is 3. The molecule has 0 unspecified atom stereocenters. The van der Waals surface area contributed by atoms with Crippen LogP contribution in [0.2, 0.25) is 5.02 Å². The average molecular weight is 439 g/mol. The minimum atomic E-state index is -0.239. The molecule has 1 aliphatic heterocycles. The van der Waals surface area contributed by atoms with Gasteiger partial charge in [-0.15, -0.1) is 0 Å². The molecule has 6 heteroatoms. The Morgan fingerprint density at radius 1 is 1.13 bits per heavy atom. The molecule has 2 aromatic heterocycles. The van der Waals surface area contributed by atoms with Crippen LogP contribution >= 0.6 is 11.6 Å². The Hall–Kier alpha value is -2.50. The highest BCUT2D eigenvalue weighted by Gasteiger charge is 2.17. The Bertz CT molecular complexity index is 1020. The van der Waals surface area contributed by atoms with Crippen LogP contribution in [0.4, 0.5) is 10.2 Å². The lowest BCUT2D eigenvalue weighted by atomic mass is 9.91. The minimum Gasteiger partial charge on any atom is -0.366 e. The van der Waals surface area contributed by atoms with Crippen LogP contribution in [0, 0.1) is 11.7 Å². The number of aromatic nitrogens is 2. The van der Waals surface area contributed by atoms with Gasteiger partial charge in [0.25, 0.3) is 0 Å². The van der Waals surface area contributed by atoms with Gasteiger partial charge in [-0.25, -0.2) is 9.37 Å². The normalized spacial score (nSPS) is 15.2. The van der Waals surface area contributed by atoms with Crippen LogP contribution in [0.25, 0.3) is 11.3 Å². The highest BCUT2D eigenvalue weighted by molar-refractivity contribution is 6.33. The molecule has 0 saturated carbocycles.